The molecule has 2 heterocycles. The molecule has 0 spiro atoms. The third kappa shape index (κ3) is 2.47. The zero-order valence-corrected chi connectivity index (χ0v) is 11.8. The minimum atomic E-state index is -0.435. The zero-order valence-electron chi connectivity index (χ0n) is 11.8. The van der Waals surface area contributed by atoms with Crippen LogP contribution in [0.1, 0.15) is 23.1 Å². The van der Waals surface area contributed by atoms with E-state index < -0.39 is 5.97 Å². The molecule has 3 aromatic rings. The molecule has 0 fully saturated rings. The maximum atomic E-state index is 12.0. The molecule has 0 saturated carbocycles. The average Bonchev–Trinajstić information content (AvgIpc) is 2.89. The summed E-state index contributed by atoms with van der Waals surface area (Å²) < 4.78 is 6.45. The van der Waals surface area contributed by atoms with Crippen molar-refractivity contribution in [3.05, 3.63) is 47.9 Å². The highest BCUT2D eigenvalue weighted by molar-refractivity contribution is 5.88. The van der Waals surface area contributed by atoms with Crippen molar-refractivity contribution >= 4 is 16.9 Å². The molecule has 0 saturated heterocycles. The molecule has 21 heavy (non-hydrogen) atoms. The van der Waals surface area contributed by atoms with Gasteiger partial charge in [-0.05, 0) is 26.0 Å². The maximum absolute atomic E-state index is 12.0. The first kappa shape index (κ1) is 13.2. The third-order valence-electron chi connectivity index (χ3n) is 2.98. The van der Waals surface area contributed by atoms with Gasteiger partial charge in [-0.2, -0.15) is 9.78 Å². The van der Waals surface area contributed by atoms with Crippen molar-refractivity contribution in [2.75, 3.05) is 6.61 Å². The van der Waals surface area contributed by atoms with Gasteiger partial charge in [0, 0.05) is 11.6 Å². The van der Waals surface area contributed by atoms with Crippen LogP contribution in [0.25, 0.3) is 16.9 Å². The summed E-state index contributed by atoms with van der Waals surface area (Å²) in [5.41, 5.74) is 1.82. The van der Waals surface area contributed by atoms with E-state index in [0.717, 1.165) is 10.9 Å². The average molecular weight is 282 g/mol. The van der Waals surface area contributed by atoms with Crippen LogP contribution in [0.2, 0.25) is 0 Å². The number of aromatic nitrogens is 4. The largest absolute Gasteiger partial charge is 0.461 e. The van der Waals surface area contributed by atoms with Crippen molar-refractivity contribution in [2.24, 2.45) is 0 Å². The van der Waals surface area contributed by atoms with Gasteiger partial charge in [-0.3, -0.25) is 0 Å². The van der Waals surface area contributed by atoms with Gasteiger partial charge in [0.05, 0.1) is 17.8 Å². The molecule has 0 atom stereocenters. The van der Waals surface area contributed by atoms with E-state index in [4.69, 9.17) is 4.74 Å². The second kappa shape index (κ2) is 5.32. The van der Waals surface area contributed by atoms with Crippen LogP contribution in [0, 0.1) is 6.92 Å². The number of nitrogens with zero attached hydrogens (tertiary/aromatic N) is 4. The summed E-state index contributed by atoms with van der Waals surface area (Å²) in [4.78, 5) is 20.7. The minimum Gasteiger partial charge on any atom is -0.461 e. The normalized spacial score (nSPS) is 10.8. The first-order valence-corrected chi connectivity index (χ1v) is 6.65. The molecule has 6 heteroatoms. The molecule has 2 aromatic heterocycles. The predicted molar refractivity (Wildman–Crippen MR) is 77.4 cm³/mol. The molecule has 3 rings (SSSR count). The van der Waals surface area contributed by atoms with Crippen molar-refractivity contribution in [3.63, 3.8) is 0 Å². The van der Waals surface area contributed by atoms with Crippen LogP contribution in [-0.2, 0) is 4.74 Å². The molecular weight excluding hydrogens is 268 g/mol. The van der Waals surface area contributed by atoms with E-state index in [-0.39, 0.29) is 0 Å². The van der Waals surface area contributed by atoms with Gasteiger partial charge in [0.1, 0.15) is 0 Å². The molecule has 0 aliphatic rings. The van der Waals surface area contributed by atoms with E-state index in [2.05, 4.69) is 15.1 Å². The predicted octanol–water partition coefficient (Wildman–Crippen LogP) is 2.30. The molecule has 106 valence electrons. The van der Waals surface area contributed by atoms with Crippen LogP contribution in [-0.4, -0.2) is 32.3 Å². The van der Waals surface area contributed by atoms with Gasteiger partial charge in [0.2, 0.25) is 0 Å². The monoisotopic (exact) mass is 282 g/mol. The topological polar surface area (TPSA) is 69.9 Å². The van der Waals surface area contributed by atoms with Crippen LogP contribution < -0.4 is 0 Å². The lowest BCUT2D eigenvalue weighted by Crippen LogP contribution is -2.14. The summed E-state index contributed by atoms with van der Waals surface area (Å²) in [5.74, 6) is -0.0836. The summed E-state index contributed by atoms with van der Waals surface area (Å²) >= 11 is 0. The first-order valence-electron chi connectivity index (χ1n) is 6.65. The second-order valence-electron chi connectivity index (χ2n) is 4.53. The van der Waals surface area contributed by atoms with Gasteiger partial charge in [0.15, 0.2) is 5.69 Å². The van der Waals surface area contributed by atoms with E-state index >= 15 is 0 Å². The van der Waals surface area contributed by atoms with E-state index in [9.17, 15) is 4.79 Å². The van der Waals surface area contributed by atoms with Gasteiger partial charge in [-0.15, -0.1) is 0 Å². The molecule has 0 amide bonds. The van der Waals surface area contributed by atoms with Gasteiger partial charge in [-0.25, -0.2) is 14.8 Å². The second-order valence-corrected chi connectivity index (χ2v) is 4.53. The fraction of sp³-hybridized carbons (Fsp3) is 0.200. The van der Waals surface area contributed by atoms with Gasteiger partial charge >= 0.3 is 5.97 Å². The lowest BCUT2D eigenvalue weighted by molar-refractivity contribution is 0.0515. The highest BCUT2D eigenvalue weighted by atomic mass is 16.5. The van der Waals surface area contributed by atoms with E-state index in [1.54, 1.807) is 26.1 Å². The highest BCUT2D eigenvalue weighted by Gasteiger charge is 2.18. The molecule has 0 unspecified atom stereocenters. The fourth-order valence-corrected chi connectivity index (χ4v) is 2.07. The summed E-state index contributed by atoms with van der Waals surface area (Å²) in [7, 11) is 0. The molecule has 0 aliphatic heterocycles. The van der Waals surface area contributed by atoms with Crippen LogP contribution in [0.3, 0.4) is 0 Å². The Morgan fingerprint density at radius 1 is 1.33 bits per heavy atom. The number of aryl methyl sites for hydroxylation is 1. The Hall–Kier alpha value is -2.76. The standard InChI is InChI=1S/C15H14N4O2/c1-3-21-14(20)13-8-10(2)18-19(13)15-16-9-11-6-4-5-7-12(11)17-15/h4-9H,3H2,1-2H3. The molecule has 0 aliphatic carbocycles. The lowest BCUT2D eigenvalue weighted by atomic mass is 10.2. The zero-order chi connectivity index (χ0) is 14.8. The summed E-state index contributed by atoms with van der Waals surface area (Å²) in [6, 6.07) is 9.31. The summed E-state index contributed by atoms with van der Waals surface area (Å²) in [5, 5.41) is 5.22. The number of fused-ring (bicyclic) bond motifs is 1. The maximum Gasteiger partial charge on any atom is 0.357 e. The van der Waals surface area contributed by atoms with E-state index in [0.29, 0.717) is 23.9 Å². The van der Waals surface area contributed by atoms with Crippen LogP contribution in [0.15, 0.2) is 36.5 Å². The van der Waals surface area contributed by atoms with Crippen LogP contribution in [0.5, 0.6) is 0 Å². The number of benzene rings is 1. The number of ether oxygens (including phenoxy) is 1. The number of hydrogen-bond donors (Lipinski definition) is 0. The molecule has 0 bridgehead atoms. The SMILES string of the molecule is CCOC(=O)c1cc(C)nn1-c1ncc2ccccc2n1. The number of carbonyl (C=O) groups excluding carboxylic acids is 1. The molecule has 0 radical (unpaired) electrons. The van der Waals surface area contributed by atoms with Crippen molar-refractivity contribution in [1.82, 2.24) is 19.7 Å². The Bertz CT molecular complexity index is 810. The number of carbonyl (C=O) groups is 1. The van der Waals surface area contributed by atoms with Gasteiger partial charge in [-0.1, -0.05) is 18.2 Å². The lowest BCUT2D eigenvalue weighted by Gasteiger charge is -2.06. The molecule has 1 aromatic carbocycles. The number of esters is 1. The number of para-hydroxylation sites is 1. The van der Waals surface area contributed by atoms with Crippen molar-refractivity contribution in [1.29, 1.82) is 0 Å². The van der Waals surface area contributed by atoms with Crippen molar-refractivity contribution in [2.45, 2.75) is 13.8 Å². The Balaban J connectivity index is 2.11. The molecule has 0 N–H and O–H groups in total. The first-order chi connectivity index (χ1) is 10.2. The highest BCUT2D eigenvalue weighted by Crippen LogP contribution is 2.14. The van der Waals surface area contributed by atoms with Crippen molar-refractivity contribution in [3.8, 4) is 5.95 Å². The number of rotatable bonds is 3. The fourth-order valence-electron chi connectivity index (χ4n) is 2.07. The van der Waals surface area contributed by atoms with E-state index in [1.165, 1.54) is 4.68 Å². The number of hydrogen-bond acceptors (Lipinski definition) is 5. The Morgan fingerprint density at radius 3 is 2.95 bits per heavy atom. The van der Waals surface area contributed by atoms with Crippen LogP contribution >= 0.6 is 0 Å². The Kier molecular flexibility index (Phi) is 3.35. The molecular formula is C15H14N4O2. The smallest absolute Gasteiger partial charge is 0.357 e. The quantitative estimate of drug-likeness (QED) is 0.689. The Labute approximate surface area is 121 Å². The summed E-state index contributed by atoms with van der Waals surface area (Å²) in [6.45, 7) is 3.87. The van der Waals surface area contributed by atoms with Crippen LogP contribution in [0.4, 0.5) is 0 Å². The molecule has 6 nitrogen and oxygen atoms in total. The van der Waals surface area contributed by atoms with E-state index in [1.807, 2.05) is 24.3 Å². The van der Waals surface area contributed by atoms with Gasteiger partial charge < -0.3 is 4.74 Å². The van der Waals surface area contributed by atoms with Crippen molar-refractivity contribution < 1.29 is 9.53 Å². The summed E-state index contributed by atoms with van der Waals surface area (Å²) in [6.07, 6.45) is 1.71. The minimum absolute atomic E-state index is 0.307. The van der Waals surface area contributed by atoms with Gasteiger partial charge in [0.25, 0.3) is 5.95 Å². The Morgan fingerprint density at radius 2 is 2.14 bits per heavy atom. The third-order valence-corrected chi connectivity index (χ3v) is 2.98.